The van der Waals surface area contributed by atoms with Crippen LogP contribution in [0.15, 0.2) is 134 Å². The molecule has 0 N–H and O–H groups in total. The van der Waals surface area contributed by atoms with Crippen molar-refractivity contribution in [3.05, 3.63) is 178 Å². The zero-order valence-corrected chi connectivity index (χ0v) is 33.3. The van der Waals surface area contributed by atoms with Crippen molar-refractivity contribution in [1.82, 2.24) is 19.1 Å². The summed E-state index contributed by atoms with van der Waals surface area (Å²) in [5, 5.41) is 5.24. The van der Waals surface area contributed by atoms with Gasteiger partial charge in [0.1, 0.15) is 11.6 Å². The molecule has 12 rings (SSSR count). The average Bonchev–Trinajstić information content (AvgIpc) is 3.77. The standard InChI is InChI=1S/C54H42N4/c1-31-11-13-33(3)41(25-31)35-17-21-47-43(27-35)45-29-37-15-16-38-30-46-44-28-36(42-26-32(2)12-14-34(42)4)18-22-48(44)58(50-10-6-8-24-56-50)54(46)40-20-19-39(51(37)52(38)40)53(45)57(47)49-9-5-7-23-55-49/h5-14,17-18,21-30H,15-16,19-20H2,1-4H3. The Kier molecular flexibility index (Phi) is 7.11. The minimum absolute atomic E-state index is 0.954. The highest BCUT2D eigenvalue weighted by molar-refractivity contribution is 6.17. The molecule has 58 heavy (non-hydrogen) atoms. The summed E-state index contributed by atoms with van der Waals surface area (Å²) in [5.41, 5.74) is 24.0. The molecule has 4 heterocycles. The Morgan fingerprint density at radius 1 is 0.431 bits per heavy atom. The van der Waals surface area contributed by atoms with Crippen LogP contribution in [0.25, 0.3) is 88.6 Å². The monoisotopic (exact) mass is 746 g/mol. The van der Waals surface area contributed by atoms with E-state index in [1.165, 1.54) is 122 Å². The number of aryl methyl sites for hydroxylation is 8. The molecule has 278 valence electrons. The van der Waals surface area contributed by atoms with E-state index in [0.717, 1.165) is 37.3 Å². The van der Waals surface area contributed by atoms with Crippen molar-refractivity contribution in [1.29, 1.82) is 0 Å². The summed E-state index contributed by atoms with van der Waals surface area (Å²) in [6.07, 6.45) is 7.80. The number of fused-ring (bicyclic) bond motifs is 8. The Hall–Kier alpha value is -6.78. The fraction of sp³-hybridized carbons (Fsp3) is 0.148. The lowest BCUT2D eigenvalue weighted by Gasteiger charge is -2.31. The predicted octanol–water partition coefficient (Wildman–Crippen LogP) is 13.1. The summed E-state index contributed by atoms with van der Waals surface area (Å²) in [6, 6.07) is 45.4. The lowest BCUT2D eigenvalue weighted by atomic mass is 9.74. The molecular weight excluding hydrogens is 705 g/mol. The third kappa shape index (κ3) is 4.75. The predicted molar refractivity (Wildman–Crippen MR) is 241 cm³/mol. The van der Waals surface area contributed by atoms with Gasteiger partial charge in [0.25, 0.3) is 0 Å². The summed E-state index contributed by atoms with van der Waals surface area (Å²) in [4.78, 5) is 9.95. The second-order valence-corrected chi connectivity index (χ2v) is 16.7. The van der Waals surface area contributed by atoms with Gasteiger partial charge in [0.2, 0.25) is 0 Å². The largest absolute Gasteiger partial charge is 0.293 e. The Balaban J connectivity index is 1.16. The molecular formula is C54H42N4. The molecule has 0 amide bonds. The Labute approximate surface area is 338 Å². The molecule has 10 aromatic rings. The van der Waals surface area contributed by atoms with Crippen LogP contribution in [0.4, 0.5) is 0 Å². The van der Waals surface area contributed by atoms with Crippen LogP contribution >= 0.6 is 0 Å². The van der Waals surface area contributed by atoms with Crippen molar-refractivity contribution >= 4 is 43.6 Å². The molecule has 4 heteroatoms. The van der Waals surface area contributed by atoms with Crippen LogP contribution in [0.5, 0.6) is 0 Å². The van der Waals surface area contributed by atoms with Crippen LogP contribution in [0, 0.1) is 27.7 Å². The minimum Gasteiger partial charge on any atom is -0.293 e. The van der Waals surface area contributed by atoms with E-state index >= 15 is 0 Å². The van der Waals surface area contributed by atoms with Gasteiger partial charge in [-0.3, -0.25) is 9.13 Å². The first-order valence-corrected chi connectivity index (χ1v) is 20.7. The quantitative estimate of drug-likeness (QED) is 0.180. The van der Waals surface area contributed by atoms with Gasteiger partial charge in [0, 0.05) is 33.9 Å². The van der Waals surface area contributed by atoms with Gasteiger partial charge in [-0.2, -0.15) is 0 Å². The van der Waals surface area contributed by atoms with Gasteiger partial charge in [-0.25, -0.2) is 9.97 Å². The van der Waals surface area contributed by atoms with E-state index < -0.39 is 0 Å². The van der Waals surface area contributed by atoms with Gasteiger partial charge in [-0.1, -0.05) is 71.8 Å². The molecule has 0 saturated heterocycles. The van der Waals surface area contributed by atoms with Crippen molar-refractivity contribution in [2.45, 2.75) is 53.4 Å². The van der Waals surface area contributed by atoms with E-state index in [-0.39, 0.29) is 0 Å². The highest BCUT2D eigenvalue weighted by Crippen LogP contribution is 2.51. The molecule has 0 bridgehead atoms. The van der Waals surface area contributed by atoms with Crippen LogP contribution in [-0.2, 0) is 25.7 Å². The normalized spacial score (nSPS) is 13.2. The maximum atomic E-state index is 4.98. The maximum absolute atomic E-state index is 4.98. The van der Waals surface area contributed by atoms with Crippen molar-refractivity contribution in [3.63, 3.8) is 0 Å². The SMILES string of the molecule is Cc1ccc(C)c(-c2ccc3c(c2)c2cc4c5c(c2n3-c2ccccn2)CCc2c-5c(cc3c5cc(-c6cc(C)ccc6C)ccc5n(-c5ccccn5)c23)CC4)c1. The maximum Gasteiger partial charge on any atom is 0.137 e. The lowest BCUT2D eigenvalue weighted by molar-refractivity contribution is 0.881. The molecule has 2 aliphatic rings. The second kappa shape index (κ2) is 12.4. The van der Waals surface area contributed by atoms with Crippen molar-refractivity contribution in [2.75, 3.05) is 0 Å². The number of hydrogen-bond acceptors (Lipinski definition) is 2. The van der Waals surface area contributed by atoms with E-state index in [2.05, 4.69) is 146 Å². The molecule has 0 radical (unpaired) electrons. The molecule has 0 unspecified atom stereocenters. The van der Waals surface area contributed by atoms with Gasteiger partial charge in [0.15, 0.2) is 0 Å². The van der Waals surface area contributed by atoms with Gasteiger partial charge in [-0.05, 0) is 181 Å². The summed E-state index contributed by atoms with van der Waals surface area (Å²) in [7, 11) is 0. The fourth-order valence-electron chi connectivity index (χ4n) is 10.5. The highest BCUT2D eigenvalue weighted by Gasteiger charge is 2.33. The number of aromatic nitrogens is 4. The number of pyridine rings is 2. The molecule has 0 aliphatic heterocycles. The van der Waals surface area contributed by atoms with Crippen LogP contribution in [0.1, 0.15) is 44.5 Å². The smallest absolute Gasteiger partial charge is 0.137 e. The number of rotatable bonds is 4. The topological polar surface area (TPSA) is 35.6 Å². The van der Waals surface area contributed by atoms with Crippen molar-refractivity contribution in [2.24, 2.45) is 0 Å². The van der Waals surface area contributed by atoms with Crippen LogP contribution < -0.4 is 0 Å². The number of nitrogens with zero attached hydrogens (tertiary/aromatic N) is 4. The van der Waals surface area contributed by atoms with Gasteiger partial charge < -0.3 is 0 Å². The van der Waals surface area contributed by atoms with Gasteiger partial charge >= 0.3 is 0 Å². The fourth-order valence-corrected chi connectivity index (χ4v) is 10.5. The average molecular weight is 747 g/mol. The molecule has 4 nitrogen and oxygen atoms in total. The van der Waals surface area contributed by atoms with E-state index in [4.69, 9.17) is 9.97 Å². The Morgan fingerprint density at radius 2 is 0.897 bits per heavy atom. The minimum atomic E-state index is 0.954. The molecule has 0 fully saturated rings. The first kappa shape index (κ1) is 33.4. The molecule has 0 atom stereocenters. The third-order valence-corrected chi connectivity index (χ3v) is 13.2. The summed E-state index contributed by atoms with van der Waals surface area (Å²) in [6.45, 7) is 8.81. The lowest BCUT2D eigenvalue weighted by Crippen LogP contribution is -2.16. The molecule has 6 aromatic carbocycles. The van der Waals surface area contributed by atoms with E-state index in [0.29, 0.717) is 0 Å². The second-order valence-electron chi connectivity index (χ2n) is 16.7. The molecule has 0 saturated carbocycles. The summed E-state index contributed by atoms with van der Waals surface area (Å²) in [5.74, 6) is 1.93. The van der Waals surface area contributed by atoms with Crippen molar-refractivity contribution in [3.8, 4) is 45.0 Å². The van der Waals surface area contributed by atoms with Gasteiger partial charge in [0.05, 0.1) is 22.1 Å². The van der Waals surface area contributed by atoms with Crippen LogP contribution in [0.3, 0.4) is 0 Å². The molecule has 4 aromatic heterocycles. The molecule has 0 spiro atoms. The van der Waals surface area contributed by atoms with Gasteiger partial charge in [-0.15, -0.1) is 0 Å². The molecule has 2 aliphatic carbocycles. The zero-order valence-electron chi connectivity index (χ0n) is 33.3. The Bertz CT molecular complexity index is 3140. The van der Waals surface area contributed by atoms with E-state index in [1.54, 1.807) is 0 Å². The zero-order chi connectivity index (χ0) is 38.8. The van der Waals surface area contributed by atoms with Crippen LogP contribution in [-0.4, -0.2) is 19.1 Å². The highest BCUT2D eigenvalue weighted by atomic mass is 15.1. The first-order valence-electron chi connectivity index (χ1n) is 20.7. The Morgan fingerprint density at radius 3 is 1.33 bits per heavy atom. The van der Waals surface area contributed by atoms with Crippen LogP contribution in [0.2, 0.25) is 0 Å². The van der Waals surface area contributed by atoms with E-state index in [1.807, 2.05) is 24.5 Å². The number of hydrogen-bond donors (Lipinski definition) is 0. The first-order chi connectivity index (χ1) is 28.4. The third-order valence-electron chi connectivity index (χ3n) is 13.2. The van der Waals surface area contributed by atoms with E-state index in [9.17, 15) is 0 Å². The summed E-state index contributed by atoms with van der Waals surface area (Å²) >= 11 is 0. The van der Waals surface area contributed by atoms with Crippen molar-refractivity contribution < 1.29 is 0 Å². The number of benzene rings is 6. The summed E-state index contributed by atoms with van der Waals surface area (Å²) < 4.78 is 4.90.